The van der Waals surface area contributed by atoms with Gasteiger partial charge < -0.3 is 9.47 Å². The first-order valence-corrected chi connectivity index (χ1v) is 8.87. The van der Waals surface area contributed by atoms with Crippen LogP contribution in [0, 0.1) is 0 Å². The predicted octanol–water partition coefficient (Wildman–Crippen LogP) is 2.32. The van der Waals surface area contributed by atoms with E-state index in [2.05, 4.69) is 15.1 Å². The summed E-state index contributed by atoms with van der Waals surface area (Å²) in [5, 5.41) is 5.76. The summed E-state index contributed by atoms with van der Waals surface area (Å²) in [5.74, 6) is 0.844. The highest BCUT2D eigenvalue weighted by atomic mass is 35.5. The standard InChI is InChI=1S/C16H18ClN5OS/c1-21(2)10-14(23)20-18-9-13-15(11-3-5-12(17)6-4-11)19-16-22(13)7-8-24-16/h3-6,9H,7-8,10H2,1-2H3,(H,20,23). The van der Waals surface area contributed by atoms with Gasteiger partial charge >= 0.3 is 0 Å². The zero-order valence-corrected chi connectivity index (χ0v) is 15.1. The molecule has 1 aliphatic heterocycles. The lowest BCUT2D eigenvalue weighted by atomic mass is 10.1. The van der Waals surface area contributed by atoms with Gasteiger partial charge in [-0.2, -0.15) is 5.10 Å². The second kappa shape index (κ2) is 7.38. The fraction of sp³-hybridized carbons (Fsp3) is 0.312. The highest BCUT2D eigenvalue weighted by Crippen LogP contribution is 2.32. The first-order chi connectivity index (χ1) is 11.5. The van der Waals surface area contributed by atoms with Crippen molar-refractivity contribution < 1.29 is 4.79 Å². The number of nitrogens with one attached hydrogen (secondary N) is 1. The van der Waals surface area contributed by atoms with Crippen LogP contribution in [-0.2, 0) is 11.3 Å². The van der Waals surface area contributed by atoms with Crippen molar-refractivity contribution in [2.75, 3.05) is 26.4 Å². The number of carbonyl (C=O) groups excluding carboxylic acids is 1. The number of imidazole rings is 1. The zero-order chi connectivity index (χ0) is 17.1. The van der Waals surface area contributed by atoms with Crippen LogP contribution in [0.1, 0.15) is 5.69 Å². The summed E-state index contributed by atoms with van der Waals surface area (Å²) in [6.45, 7) is 1.18. The van der Waals surface area contributed by atoms with Gasteiger partial charge in [-0.25, -0.2) is 10.4 Å². The maximum atomic E-state index is 11.7. The summed E-state index contributed by atoms with van der Waals surface area (Å²) in [6, 6.07) is 7.56. The number of hydrogen-bond donors (Lipinski definition) is 1. The molecular weight excluding hydrogens is 346 g/mol. The van der Waals surface area contributed by atoms with Gasteiger partial charge in [-0.1, -0.05) is 35.5 Å². The summed E-state index contributed by atoms with van der Waals surface area (Å²) in [6.07, 6.45) is 1.67. The van der Waals surface area contributed by atoms with E-state index in [4.69, 9.17) is 16.6 Å². The van der Waals surface area contributed by atoms with Crippen LogP contribution in [0.4, 0.5) is 0 Å². The molecule has 0 saturated heterocycles. The molecule has 0 radical (unpaired) electrons. The molecule has 3 rings (SSSR count). The van der Waals surface area contributed by atoms with Gasteiger partial charge in [-0.05, 0) is 26.2 Å². The monoisotopic (exact) mass is 363 g/mol. The molecule has 0 bridgehead atoms. The second-order valence-corrected chi connectivity index (χ2v) is 7.16. The van der Waals surface area contributed by atoms with Gasteiger partial charge in [0, 0.05) is 22.9 Å². The fourth-order valence-electron chi connectivity index (χ4n) is 2.44. The number of halogens is 1. The molecule has 24 heavy (non-hydrogen) atoms. The van der Waals surface area contributed by atoms with E-state index in [0.717, 1.165) is 34.4 Å². The van der Waals surface area contributed by atoms with Gasteiger partial charge in [0.1, 0.15) is 0 Å². The number of benzene rings is 1. The molecule has 2 aromatic rings. The number of likely N-dealkylation sites (N-methyl/N-ethyl adjacent to an activating group) is 1. The summed E-state index contributed by atoms with van der Waals surface area (Å²) < 4.78 is 2.12. The molecule has 1 N–H and O–H groups in total. The number of hydrogen-bond acceptors (Lipinski definition) is 5. The molecule has 1 aliphatic rings. The Morgan fingerprint density at radius 3 is 2.92 bits per heavy atom. The van der Waals surface area contributed by atoms with Crippen molar-refractivity contribution in [2.24, 2.45) is 5.10 Å². The van der Waals surface area contributed by atoms with E-state index in [1.165, 1.54) is 0 Å². The van der Waals surface area contributed by atoms with E-state index in [1.54, 1.807) is 22.9 Å². The molecule has 6 nitrogen and oxygen atoms in total. The van der Waals surface area contributed by atoms with Gasteiger partial charge in [-0.3, -0.25) is 4.79 Å². The van der Waals surface area contributed by atoms with Crippen molar-refractivity contribution in [1.29, 1.82) is 0 Å². The Balaban J connectivity index is 1.86. The topological polar surface area (TPSA) is 62.5 Å². The van der Waals surface area contributed by atoms with E-state index >= 15 is 0 Å². The van der Waals surface area contributed by atoms with Gasteiger partial charge in [0.05, 0.1) is 24.1 Å². The first-order valence-electron chi connectivity index (χ1n) is 7.50. The third-order valence-corrected chi connectivity index (χ3v) is 4.68. The van der Waals surface area contributed by atoms with Crippen molar-refractivity contribution in [3.8, 4) is 11.3 Å². The van der Waals surface area contributed by atoms with Crippen molar-refractivity contribution in [1.82, 2.24) is 19.9 Å². The SMILES string of the molecule is CN(C)CC(=O)NN=Cc1c(-c2ccc(Cl)cc2)nc2n1CCS2. The van der Waals surface area contributed by atoms with Crippen LogP contribution < -0.4 is 5.43 Å². The van der Waals surface area contributed by atoms with E-state index in [0.29, 0.717) is 11.6 Å². The predicted molar refractivity (Wildman–Crippen MR) is 97.7 cm³/mol. The number of aromatic nitrogens is 2. The number of nitrogens with zero attached hydrogens (tertiary/aromatic N) is 4. The molecule has 126 valence electrons. The molecule has 0 aliphatic carbocycles. The van der Waals surface area contributed by atoms with Crippen LogP contribution in [-0.4, -0.2) is 53.0 Å². The minimum Gasteiger partial charge on any atom is -0.317 e. The number of fused-ring (bicyclic) bond motifs is 1. The van der Waals surface area contributed by atoms with E-state index in [1.807, 2.05) is 38.4 Å². The van der Waals surface area contributed by atoms with Crippen molar-refractivity contribution >= 4 is 35.5 Å². The molecule has 1 aromatic carbocycles. The van der Waals surface area contributed by atoms with Gasteiger partial charge in [-0.15, -0.1) is 0 Å². The quantitative estimate of drug-likeness (QED) is 0.654. The highest BCUT2D eigenvalue weighted by molar-refractivity contribution is 7.99. The lowest BCUT2D eigenvalue weighted by Crippen LogP contribution is -2.30. The molecule has 0 unspecified atom stereocenters. The van der Waals surface area contributed by atoms with Crippen LogP contribution in [0.15, 0.2) is 34.5 Å². The summed E-state index contributed by atoms with van der Waals surface area (Å²) in [7, 11) is 3.67. The Kier molecular flexibility index (Phi) is 5.23. The Morgan fingerprint density at radius 2 is 2.21 bits per heavy atom. The Morgan fingerprint density at radius 1 is 1.46 bits per heavy atom. The molecule has 0 saturated carbocycles. The van der Waals surface area contributed by atoms with E-state index in [9.17, 15) is 4.79 Å². The maximum absolute atomic E-state index is 11.7. The number of carbonyl (C=O) groups is 1. The molecule has 0 fully saturated rings. The number of rotatable bonds is 5. The molecule has 1 amide bonds. The zero-order valence-electron chi connectivity index (χ0n) is 13.5. The fourth-order valence-corrected chi connectivity index (χ4v) is 3.52. The highest BCUT2D eigenvalue weighted by Gasteiger charge is 2.21. The summed E-state index contributed by atoms with van der Waals surface area (Å²) in [4.78, 5) is 18.2. The Bertz CT molecular complexity index is 770. The smallest absolute Gasteiger partial charge is 0.254 e. The van der Waals surface area contributed by atoms with Crippen molar-refractivity contribution in [3.63, 3.8) is 0 Å². The maximum Gasteiger partial charge on any atom is 0.254 e. The van der Waals surface area contributed by atoms with E-state index < -0.39 is 0 Å². The molecule has 2 heterocycles. The van der Waals surface area contributed by atoms with Crippen LogP contribution in [0.5, 0.6) is 0 Å². The normalized spacial score (nSPS) is 13.7. The number of amides is 1. The third kappa shape index (κ3) is 3.80. The Hall–Kier alpha value is -1.83. The van der Waals surface area contributed by atoms with Crippen molar-refractivity contribution in [3.05, 3.63) is 35.0 Å². The number of thioether (sulfide) groups is 1. The molecular formula is C16H18ClN5OS. The summed E-state index contributed by atoms with van der Waals surface area (Å²) in [5.41, 5.74) is 5.26. The second-order valence-electron chi connectivity index (χ2n) is 5.67. The van der Waals surface area contributed by atoms with Crippen LogP contribution in [0.3, 0.4) is 0 Å². The third-order valence-electron chi connectivity index (χ3n) is 3.47. The lowest BCUT2D eigenvalue weighted by molar-refractivity contribution is -0.121. The van der Waals surface area contributed by atoms with Gasteiger partial charge in [0.25, 0.3) is 5.91 Å². The Labute approximate surface area is 149 Å². The summed E-state index contributed by atoms with van der Waals surface area (Å²) >= 11 is 7.69. The number of hydrazone groups is 1. The minimum absolute atomic E-state index is 0.153. The minimum atomic E-state index is -0.153. The van der Waals surface area contributed by atoms with Gasteiger partial charge in [0.15, 0.2) is 5.16 Å². The van der Waals surface area contributed by atoms with E-state index in [-0.39, 0.29) is 5.91 Å². The molecule has 8 heteroatoms. The lowest BCUT2D eigenvalue weighted by Gasteiger charge is -2.07. The van der Waals surface area contributed by atoms with Crippen molar-refractivity contribution in [2.45, 2.75) is 11.7 Å². The average Bonchev–Trinajstić information content (AvgIpc) is 3.09. The molecule has 0 spiro atoms. The molecule has 0 atom stereocenters. The van der Waals surface area contributed by atoms with Crippen LogP contribution in [0.25, 0.3) is 11.3 Å². The van der Waals surface area contributed by atoms with Crippen LogP contribution in [0.2, 0.25) is 5.02 Å². The average molecular weight is 364 g/mol. The largest absolute Gasteiger partial charge is 0.317 e. The molecule has 1 aromatic heterocycles. The first kappa shape index (κ1) is 17.0. The van der Waals surface area contributed by atoms with Crippen LogP contribution >= 0.6 is 23.4 Å². The van der Waals surface area contributed by atoms with Gasteiger partial charge in [0.2, 0.25) is 0 Å².